The Bertz CT molecular complexity index is 873. The van der Waals surface area contributed by atoms with Crippen molar-refractivity contribution in [2.75, 3.05) is 6.54 Å². The number of aryl methyl sites for hydroxylation is 2. The molecule has 0 radical (unpaired) electrons. The number of nitrogens with one attached hydrogen (secondary N) is 1. The summed E-state index contributed by atoms with van der Waals surface area (Å²) in [7, 11) is 0. The Labute approximate surface area is 158 Å². The van der Waals surface area contributed by atoms with Gasteiger partial charge in [0.25, 0.3) is 5.91 Å². The second-order valence-electron chi connectivity index (χ2n) is 6.48. The highest BCUT2D eigenvalue weighted by Gasteiger charge is 2.18. The Morgan fingerprint density at radius 3 is 2.48 bits per heavy atom. The molecule has 2 N–H and O–H groups in total. The smallest absolute Gasteiger partial charge is 0.273 e. The second-order valence-corrected chi connectivity index (χ2v) is 6.48. The molecule has 140 valence electrons. The van der Waals surface area contributed by atoms with E-state index in [4.69, 9.17) is 0 Å². The maximum absolute atomic E-state index is 12.4. The number of unbranched alkanes of at least 4 members (excludes halogenated alkanes) is 1. The van der Waals surface area contributed by atoms with Crippen LogP contribution in [-0.2, 0) is 13.0 Å². The first-order valence-electron chi connectivity index (χ1n) is 9.13. The van der Waals surface area contributed by atoms with Crippen LogP contribution in [0, 0.1) is 6.92 Å². The van der Waals surface area contributed by atoms with Gasteiger partial charge in [-0.3, -0.25) is 4.79 Å². The molecule has 0 unspecified atom stereocenters. The molecule has 27 heavy (non-hydrogen) atoms. The Morgan fingerprint density at radius 2 is 1.78 bits per heavy atom. The van der Waals surface area contributed by atoms with Gasteiger partial charge < -0.3 is 10.4 Å². The number of aliphatic hydroxyl groups is 1. The fourth-order valence-electron chi connectivity index (χ4n) is 2.80. The molecule has 0 saturated heterocycles. The summed E-state index contributed by atoms with van der Waals surface area (Å²) in [4.78, 5) is 13.8. The van der Waals surface area contributed by atoms with Crippen LogP contribution in [0.5, 0.6) is 0 Å². The highest BCUT2D eigenvalue weighted by Crippen LogP contribution is 2.11. The predicted octanol–water partition coefficient (Wildman–Crippen LogP) is 2.82. The Morgan fingerprint density at radius 1 is 1.04 bits per heavy atom. The molecule has 6 heteroatoms. The number of nitrogens with zero attached hydrogens (tertiary/aromatic N) is 3. The zero-order chi connectivity index (χ0) is 19.1. The molecule has 6 nitrogen and oxygen atoms in total. The third kappa shape index (κ3) is 5.01. The number of aliphatic hydroxyl groups excluding tert-OH is 1. The third-order valence-electron chi connectivity index (χ3n) is 4.33. The van der Waals surface area contributed by atoms with Crippen molar-refractivity contribution in [1.29, 1.82) is 0 Å². The number of aromatic nitrogens is 3. The summed E-state index contributed by atoms with van der Waals surface area (Å²) < 4.78 is 0. The summed E-state index contributed by atoms with van der Waals surface area (Å²) in [6, 6.07) is 17.9. The van der Waals surface area contributed by atoms with Crippen molar-refractivity contribution in [3.8, 4) is 5.69 Å². The van der Waals surface area contributed by atoms with E-state index in [9.17, 15) is 9.90 Å². The van der Waals surface area contributed by atoms with Crippen molar-refractivity contribution in [1.82, 2.24) is 20.3 Å². The fourth-order valence-corrected chi connectivity index (χ4v) is 2.80. The quantitative estimate of drug-likeness (QED) is 0.602. The van der Waals surface area contributed by atoms with E-state index < -0.39 is 0 Å². The number of benzene rings is 2. The third-order valence-corrected chi connectivity index (χ3v) is 4.33. The van der Waals surface area contributed by atoms with Crippen molar-refractivity contribution < 1.29 is 9.90 Å². The number of hydrogen-bond acceptors (Lipinski definition) is 4. The van der Waals surface area contributed by atoms with E-state index in [1.54, 1.807) is 0 Å². The monoisotopic (exact) mass is 364 g/mol. The van der Waals surface area contributed by atoms with Crippen LogP contribution in [0.25, 0.3) is 5.69 Å². The minimum Gasteiger partial charge on any atom is -0.390 e. The highest BCUT2D eigenvalue weighted by atomic mass is 16.3. The van der Waals surface area contributed by atoms with Gasteiger partial charge in [-0.05, 0) is 43.9 Å². The van der Waals surface area contributed by atoms with Crippen LogP contribution in [-0.4, -0.2) is 32.6 Å². The Hall–Kier alpha value is -2.99. The molecule has 3 aromatic rings. The molecule has 0 spiro atoms. The molecule has 3 rings (SSSR count). The van der Waals surface area contributed by atoms with Crippen molar-refractivity contribution in [3.63, 3.8) is 0 Å². The largest absolute Gasteiger partial charge is 0.390 e. The van der Waals surface area contributed by atoms with Gasteiger partial charge in [-0.25, -0.2) is 0 Å². The first-order valence-corrected chi connectivity index (χ1v) is 9.13. The zero-order valence-corrected chi connectivity index (χ0v) is 15.4. The van der Waals surface area contributed by atoms with Gasteiger partial charge in [0.05, 0.1) is 12.3 Å². The summed E-state index contributed by atoms with van der Waals surface area (Å²) >= 11 is 0. The van der Waals surface area contributed by atoms with Crippen molar-refractivity contribution in [3.05, 3.63) is 77.1 Å². The number of carbonyl (C=O) groups excluding carboxylic acids is 1. The highest BCUT2D eigenvalue weighted by molar-refractivity contribution is 5.93. The van der Waals surface area contributed by atoms with Crippen LogP contribution >= 0.6 is 0 Å². The van der Waals surface area contributed by atoms with E-state index in [0.717, 1.165) is 30.5 Å². The van der Waals surface area contributed by atoms with Gasteiger partial charge in [0.15, 0.2) is 5.69 Å². The molecule has 0 aliphatic rings. The topological polar surface area (TPSA) is 80.0 Å². The average molecular weight is 364 g/mol. The van der Waals surface area contributed by atoms with E-state index in [1.165, 1.54) is 10.4 Å². The van der Waals surface area contributed by atoms with Gasteiger partial charge in [0.2, 0.25) is 0 Å². The first-order chi connectivity index (χ1) is 13.2. The number of rotatable bonds is 8. The predicted molar refractivity (Wildman–Crippen MR) is 104 cm³/mol. The molecular weight excluding hydrogens is 340 g/mol. The first kappa shape index (κ1) is 18.8. The molecule has 0 aliphatic heterocycles. The van der Waals surface area contributed by atoms with Gasteiger partial charge in [0.1, 0.15) is 5.69 Å². The maximum Gasteiger partial charge on any atom is 0.273 e. The molecule has 2 aromatic carbocycles. The standard InChI is InChI=1S/C21H24N4O2/c1-16-10-12-18(13-11-16)25-23-19(15-26)20(24-25)21(27)22-14-6-5-9-17-7-3-2-4-8-17/h2-4,7-8,10-13,26H,5-6,9,14-15H2,1H3,(H,22,27). The summed E-state index contributed by atoms with van der Waals surface area (Å²) in [5.74, 6) is -0.308. The number of carbonyl (C=O) groups is 1. The van der Waals surface area contributed by atoms with E-state index in [-0.39, 0.29) is 23.9 Å². The summed E-state index contributed by atoms with van der Waals surface area (Å²) in [5.41, 5.74) is 3.62. The molecule has 1 aromatic heterocycles. The molecule has 0 fully saturated rings. The van der Waals surface area contributed by atoms with E-state index >= 15 is 0 Å². The van der Waals surface area contributed by atoms with Crippen LogP contribution in [0.15, 0.2) is 54.6 Å². The van der Waals surface area contributed by atoms with Crippen LogP contribution in [0.1, 0.15) is 40.2 Å². The average Bonchev–Trinajstić information content (AvgIpc) is 3.13. The molecule has 0 bridgehead atoms. The summed E-state index contributed by atoms with van der Waals surface area (Å²) in [6.45, 7) is 2.23. The van der Waals surface area contributed by atoms with Crippen molar-refractivity contribution in [2.24, 2.45) is 0 Å². The lowest BCUT2D eigenvalue weighted by Crippen LogP contribution is -2.26. The van der Waals surface area contributed by atoms with Gasteiger partial charge in [-0.1, -0.05) is 48.0 Å². The van der Waals surface area contributed by atoms with Crippen LogP contribution in [0.3, 0.4) is 0 Å². The number of hydrogen-bond donors (Lipinski definition) is 2. The second kappa shape index (κ2) is 9.09. The SMILES string of the molecule is Cc1ccc(-n2nc(CO)c(C(=O)NCCCCc3ccccc3)n2)cc1. The van der Waals surface area contributed by atoms with Gasteiger partial charge in [0, 0.05) is 6.54 Å². The molecule has 1 amide bonds. The lowest BCUT2D eigenvalue weighted by molar-refractivity contribution is 0.0944. The zero-order valence-electron chi connectivity index (χ0n) is 15.4. The van der Waals surface area contributed by atoms with Crippen LogP contribution < -0.4 is 5.32 Å². The van der Waals surface area contributed by atoms with Crippen molar-refractivity contribution in [2.45, 2.75) is 32.8 Å². The van der Waals surface area contributed by atoms with Gasteiger partial charge >= 0.3 is 0 Å². The Kier molecular flexibility index (Phi) is 6.33. The lowest BCUT2D eigenvalue weighted by atomic mass is 10.1. The molecule has 0 atom stereocenters. The molecule has 0 aliphatic carbocycles. The molecule has 1 heterocycles. The molecule has 0 saturated carbocycles. The Balaban J connectivity index is 1.55. The van der Waals surface area contributed by atoms with Crippen LogP contribution in [0.4, 0.5) is 0 Å². The summed E-state index contributed by atoms with van der Waals surface area (Å²) in [5, 5.41) is 20.9. The van der Waals surface area contributed by atoms with Crippen molar-refractivity contribution >= 4 is 5.91 Å². The lowest BCUT2D eigenvalue weighted by Gasteiger charge is -2.04. The van der Waals surface area contributed by atoms with E-state index in [1.807, 2.05) is 49.4 Å². The normalized spacial score (nSPS) is 10.7. The maximum atomic E-state index is 12.4. The minimum atomic E-state index is -0.331. The van der Waals surface area contributed by atoms with Crippen LogP contribution in [0.2, 0.25) is 0 Å². The van der Waals surface area contributed by atoms with E-state index in [2.05, 4.69) is 27.6 Å². The minimum absolute atomic E-state index is 0.168. The molecular formula is C21H24N4O2. The van der Waals surface area contributed by atoms with E-state index in [0.29, 0.717) is 6.54 Å². The number of amides is 1. The van der Waals surface area contributed by atoms with Gasteiger partial charge in [-0.15, -0.1) is 10.2 Å². The fraction of sp³-hybridized carbons (Fsp3) is 0.286. The summed E-state index contributed by atoms with van der Waals surface area (Å²) in [6.07, 6.45) is 2.86. The van der Waals surface area contributed by atoms with Gasteiger partial charge in [-0.2, -0.15) is 4.80 Å².